The Bertz CT molecular complexity index is 168. The van der Waals surface area contributed by atoms with Crippen LogP contribution in [0, 0.1) is 5.41 Å². The Morgan fingerprint density at radius 2 is 2.00 bits per heavy atom. The van der Waals surface area contributed by atoms with Crippen molar-refractivity contribution in [2.24, 2.45) is 5.41 Å². The summed E-state index contributed by atoms with van der Waals surface area (Å²) in [7, 11) is 0. The quantitative estimate of drug-likeness (QED) is 0.544. The van der Waals surface area contributed by atoms with Gasteiger partial charge in [0.2, 0.25) is 0 Å². The third-order valence-electron chi connectivity index (χ3n) is 3.41. The SMILES string of the molecule is C=CC1CC2(CCCCC2)CO1. The van der Waals surface area contributed by atoms with Gasteiger partial charge < -0.3 is 4.74 Å². The number of hydrogen-bond acceptors (Lipinski definition) is 1. The average molecular weight is 166 g/mol. The lowest BCUT2D eigenvalue weighted by atomic mass is 9.73. The van der Waals surface area contributed by atoms with Crippen LogP contribution < -0.4 is 0 Å². The molecule has 2 rings (SSSR count). The Labute approximate surface area is 74.8 Å². The summed E-state index contributed by atoms with van der Waals surface area (Å²) >= 11 is 0. The molecule has 1 nitrogen and oxygen atoms in total. The van der Waals surface area contributed by atoms with Gasteiger partial charge in [-0.25, -0.2) is 0 Å². The molecule has 2 aliphatic rings. The second-order valence-corrected chi connectivity index (χ2v) is 4.35. The molecule has 1 heterocycles. The summed E-state index contributed by atoms with van der Waals surface area (Å²) in [6.07, 6.45) is 10.6. The molecule has 1 aliphatic carbocycles. The average Bonchev–Trinajstić information content (AvgIpc) is 2.50. The van der Waals surface area contributed by atoms with Crippen molar-refractivity contribution in [1.82, 2.24) is 0 Å². The molecule has 1 unspecified atom stereocenters. The Morgan fingerprint density at radius 1 is 1.25 bits per heavy atom. The molecule has 12 heavy (non-hydrogen) atoms. The molecule has 0 aromatic carbocycles. The van der Waals surface area contributed by atoms with Crippen molar-refractivity contribution in [1.29, 1.82) is 0 Å². The molecule has 1 saturated heterocycles. The van der Waals surface area contributed by atoms with Gasteiger partial charge in [0.15, 0.2) is 0 Å². The van der Waals surface area contributed by atoms with Gasteiger partial charge >= 0.3 is 0 Å². The predicted molar refractivity (Wildman–Crippen MR) is 50.1 cm³/mol. The van der Waals surface area contributed by atoms with Crippen molar-refractivity contribution in [3.63, 3.8) is 0 Å². The highest BCUT2D eigenvalue weighted by Crippen LogP contribution is 2.45. The lowest BCUT2D eigenvalue weighted by Gasteiger charge is -2.31. The maximum Gasteiger partial charge on any atom is 0.0759 e. The van der Waals surface area contributed by atoms with E-state index in [1.54, 1.807) is 0 Å². The standard InChI is InChI=1S/C11H18O/c1-2-10-8-11(9-12-10)6-4-3-5-7-11/h2,10H,1,3-9H2. The fraction of sp³-hybridized carbons (Fsp3) is 0.818. The minimum absolute atomic E-state index is 0.350. The summed E-state index contributed by atoms with van der Waals surface area (Å²) < 4.78 is 5.68. The van der Waals surface area contributed by atoms with Crippen LogP contribution in [0.3, 0.4) is 0 Å². The van der Waals surface area contributed by atoms with Gasteiger partial charge in [-0.15, -0.1) is 6.58 Å². The minimum Gasteiger partial charge on any atom is -0.374 e. The van der Waals surface area contributed by atoms with Crippen LogP contribution in [-0.4, -0.2) is 12.7 Å². The van der Waals surface area contributed by atoms with Crippen molar-refractivity contribution in [2.75, 3.05) is 6.61 Å². The monoisotopic (exact) mass is 166 g/mol. The smallest absolute Gasteiger partial charge is 0.0759 e. The molecule has 0 bridgehead atoms. The van der Waals surface area contributed by atoms with E-state index >= 15 is 0 Å². The highest BCUT2D eigenvalue weighted by molar-refractivity contribution is 4.95. The van der Waals surface area contributed by atoms with Gasteiger partial charge in [-0.05, 0) is 24.7 Å². The van der Waals surface area contributed by atoms with Crippen molar-refractivity contribution in [3.8, 4) is 0 Å². The molecule has 1 heteroatoms. The van der Waals surface area contributed by atoms with E-state index in [2.05, 4.69) is 6.58 Å². The minimum atomic E-state index is 0.350. The molecule has 1 atom stereocenters. The molecular weight excluding hydrogens is 148 g/mol. The predicted octanol–water partition coefficient (Wildman–Crippen LogP) is 2.91. The molecule has 1 aliphatic heterocycles. The highest BCUT2D eigenvalue weighted by atomic mass is 16.5. The molecule has 2 fully saturated rings. The maximum atomic E-state index is 5.68. The van der Waals surface area contributed by atoms with Crippen LogP contribution >= 0.6 is 0 Å². The largest absolute Gasteiger partial charge is 0.374 e. The first-order chi connectivity index (χ1) is 5.85. The first-order valence-electron chi connectivity index (χ1n) is 5.09. The van der Waals surface area contributed by atoms with Crippen LogP contribution in [0.15, 0.2) is 12.7 Å². The zero-order chi connectivity index (χ0) is 8.44. The molecule has 0 amide bonds. The summed E-state index contributed by atoms with van der Waals surface area (Å²) in [6, 6.07) is 0. The van der Waals surface area contributed by atoms with E-state index in [-0.39, 0.29) is 0 Å². The summed E-state index contributed by atoms with van der Waals surface area (Å²) in [4.78, 5) is 0. The van der Waals surface area contributed by atoms with E-state index in [1.165, 1.54) is 38.5 Å². The van der Waals surface area contributed by atoms with Crippen molar-refractivity contribution < 1.29 is 4.74 Å². The third-order valence-corrected chi connectivity index (χ3v) is 3.41. The second kappa shape index (κ2) is 3.21. The Hall–Kier alpha value is -0.300. The van der Waals surface area contributed by atoms with Crippen LogP contribution in [0.25, 0.3) is 0 Å². The fourth-order valence-corrected chi connectivity index (χ4v) is 2.63. The zero-order valence-corrected chi connectivity index (χ0v) is 7.72. The molecule has 1 spiro atoms. The topological polar surface area (TPSA) is 9.23 Å². The lowest BCUT2D eigenvalue weighted by Crippen LogP contribution is -2.24. The van der Waals surface area contributed by atoms with Gasteiger partial charge in [-0.2, -0.15) is 0 Å². The maximum absolute atomic E-state index is 5.68. The number of rotatable bonds is 1. The van der Waals surface area contributed by atoms with Crippen molar-refractivity contribution >= 4 is 0 Å². The van der Waals surface area contributed by atoms with E-state index in [0.29, 0.717) is 11.5 Å². The van der Waals surface area contributed by atoms with E-state index in [4.69, 9.17) is 4.74 Å². The zero-order valence-electron chi connectivity index (χ0n) is 7.72. The van der Waals surface area contributed by atoms with Crippen LogP contribution in [0.1, 0.15) is 38.5 Å². The van der Waals surface area contributed by atoms with E-state index < -0.39 is 0 Å². The molecule has 0 N–H and O–H groups in total. The summed E-state index contributed by atoms with van der Waals surface area (Å²) in [6.45, 7) is 4.79. The summed E-state index contributed by atoms with van der Waals surface area (Å²) in [5, 5.41) is 0. The molecule has 0 aromatic heterocycles. The summed E-state index contributed by atoms with van der Waals surface area (Å²) in [5.74, 6) is 0. The van der Waals surface area contributed by atoms with Gasteiger partial charge in [0.1, 0.15) is 0 Å². The Kier molecular flexibility index (Phi) is 2.22. The Balaban J connectivity index is 1.98. The summed E-state index contributed by atoms with van der Waals surface area (Å²) in [5.41, 5.74) is 0.553. The van der Waals surface area contributed by atoms with Crippen molar-refractivity contribution in [3.05, 3.63) is 12.7 Å². The first kappa shape index (κ1) is 8.31. The van der Waals surface area contributed by atoms with Gasteiger partial charge in [-0.3, -0.25) is 0 Å². The van der Waals surface area contributed by atoms with Crippen LogP contribution in [0.5, 0.6) is 0 Å². The van der Waals surface area contributed by atoms with E-state index in [0.717, 1.165) is 6.61 Å². The van der Waals surface area contributed by atoms with Gasteiger partial charge in [0.25, 0.3) is 0 Å². The molecular formula is C11H18O. The van der Waals surface area contributed by atoms with Crippen LogP contribution in [0.2, 0.25) is 0 Å². The normalized spacial score (nSPS) is 33.8. The fourth-order valence-electron chi connectivity index (χ4n) is 2.63. The third kappa shape index (κ3) is 1.42. The molecule has 68 valence electrons. The van der Waals surface area contributed by atoms with E-state index in [9.17, 15) is 0 Å². The van der Waals surface area contributed by atoms with Gasteiger partial charge in [0.05, 0.1) is 12.7 Å². The van der Waals surface area contributed by atoms with E-state index in [1.807, 2.05) is 6.08 Å². The molecule has 0 radical (unpaired) electrons. The lowest BCUT2D eigenvalue weighted by molar-refractivity contribution is 0.103. The highest BCUT2D eigenvalue weighted by Gasteiger charge is 2.39. The molecule has 0 aromatic rings. The number of ether oxygens (including phenoxy) is 1. The molecule has 1 saturated carbocycles. The second-order valence-electron chi connectivity index (χ2n) is 4.35. The van der Waals surface area contributed by atoms with Crippen LogP contribution in [0.4, 0.5) is 0 Å². The Morgan fingerprint density at radius 3 is 2.58 bits per heavy atom. The van der Waals surface area contributed by atoms with Crippen molar-refractivity contribution in [2.45, 2.75) is 44.6 Å². The van der Waals surface area contributed by atoms with Gasteiger partial charge in [0, 0.05) is 0 Å². The number of hydrogen-bond donors (Lipinski definition) is 0. The first-order valence-corrected chi connectivity index (χ1v) is 5.09. The van der Waals surface area contributed by atoms with Gasteiger partial charge in [-0.1, -0.05) is 25.3 Å². The van der Waals surface area contributed by atoms with Crippen LogP contribution in [-0.2, 0) is 4.74 Å².